The summed E-state index contributed by atoms with van der Waals surface area (Å²) in [6, 6.07) is 7.00. The number of carbonyl (C=O) groups is 2. The highest BCUT2D eigenvalue weighted by atomic mass is 16.2. The normalized spacial score (nSPS) is 14.6. The molecule has 0 spiro atoms. The van der Waals surface area contributed by atoms with Crippen LogP contribution < -0.4 is 10.2 Å². The van der Waals surface area contributed by atoms with Crippen molar-refractivity contribution in [3.63, 3.8) is 0 Å². The highest BCUT2D eigenvalue weighted by molar-refractivity contribution is 5.97. The monoisotopic (exact) mass is 270 g/mol. The van der Waals surface area contributed by atoms with Crippen LogP contribution in [-0.4, -0.2) is 28.0 Å². The van der Waals surface area contributed by atoms with Gasteiger partial charge in [-0.25, -0.2) is 9.78 Å². The van der Waals surface area contributed by atoms with Crippen LogP contribution in [0.15, 0.2) is 43.0 Å². The van der Waals surface area contributed by atoms with Crippen LogP contribution >= 0.6 is 0 Å². The molecule has 1 aromatic carbocycles. The van der Waals surface area contributed by atoms with Gasteiger partial charge in [-0.2, -0.15) is 0 Å². The number of hydrogen-bond acceptors (Lipinski definition) is 3. The standard InChI is InChI=1S/C14H14N4O2/c19-13-5-2-7-18(13)12-4-1-3-11(9-12)16-14(20)17-8-6-15-10-17/h1,3-4,6,8-10H,2,5,7H2,(H,16,20). The summed E-state index contributed by atoms with van der Waals surface area (Å²) in [5.41, 5.74) is 1.47. The van der Waals surface area contributed by atoms with E-state index < -0.39 is 0 Å². The molecule has 20 heavy (non-hydrogen) atoms. The SMILES string of the molecule is O=C1CCCN1c1cccc(NC(=O)n2ccnc2)c1. The van der Waals surface area contributed by atoms with Gasteiger partial charge in [0.05, 0.1) is 0 Å². The summed E-state index contributed by atoms with van der Waals surface area (Å²) in [5.74, 6) is 0.128. The fraction of sp³-hybridized carbons (Fsp3) is 0.214. The summed E-state index contributed by atoms with van der Waals surface area (Å²) >= 11 is 0. The Labute approximate surface area is 116 Å². The van der Waals surface area contributed by atoms with Crippen molar-refractivity contribution in [3.8, 4) is 0 Å². The minimum absolute atomic E-state index is 0.128. The zero-order valence-electron chi connectivity index (χ0n) is 10.8. The Balaban J connectivity index is 1.78. The van der Waals surface area contributed by atoms with E-state index in [9.17, 15) is 9.59 Å². The van der Waals surface area contributed by atoms with E-state index in [0.29, 0.717) is 12.1 Å². The van der Waals surface area contributed by atoms with Crippen LogP contribution in [0.3, 0.4) is 0 Å². The van der Waals surface area contributed by atoms with Gasteiger partial charge in [-0.3, -0.25) is 9.36 Å². The largest absolute Gasteiger partial charge is 0.331 e. The van der Waals surface area contributed by atoms with Crippen molar-refractivity contribution >= 4 is 23.3 Å². The Morgan fingerprint density at radius 3 is 2.95 bits per heavy atom. The molecule has 6 heteroatoms. The molecule has 0 saturated carbocycles. The first-order valence-electron chi connectivity index (χ1n) is 6.44. The summed E-state index contributed by atoms with van der Waals surface area (Å²) in [6.45, 7) is 0.734. The predicted octanol–water partition coefficient (Wildman–Crippen LogP) is 2.09. The molecule has 2 amide bonds. The van der Waals surface area contributed by atoms with E-state index in [1.807, 2.05) is 12.1 Å². The fourth-order valence-electron chi connectivity index (χ4n) is 2.24. The maximum atomic E-state index is 11.9. The van der Waals surface area contributed by atoms with Gasteiger partial charge in [-0.05, 0) is 24.6 Å². The molecule has 0 unspecified atom stereocenters. The number of nitrogens with one attached hydrogen (secondary N) is 1. The maximum Gasteiger partial charge on any atom is 0.331 e. The Morgan fingerprint density at radius 1 is 1.35 bits per heavy atom. The van der Waals surface area contributed by atoms with Crippen molar-refractivity contribution in [1.82, 2.24) is 9.55 Å². The molecule has 2 heterocycles. The summed E-state index contributed by atoms with van der Waals surface area (Å²) in [6.07, 6.45) is 6.02. The van der Waals surface area contributed by atoms with Gasteiger partial charge >= 0.3 is 6.03 Å². The van der Waals surface area contributed by atoms with Crippen LogP contribution in [0.5, 0.6) is 0 Å². The molecule has 1 aliphatic heterocycles. The number of aromatic nitrogens is 2. The molecule has 0 aliphatic carbocycles. The van der Waals surface area contributed by atoms with Gasteiger partial charge < -0.3 is 10.2 Å². The zero-order chi connectivity index (χ0) is 13.9. The van der Waals surface area contributed by atoms with Crippen molar-refractivity contribution in [2.45, 2.75) is 12.8 Å². The molecule has 2 aromatic rings. The zero-order valence-corrected chi connectivity index (χ0v) is 10.8. The summed E-state index contributed by atoms with van der Waals surface area (Å²) in [4.78, 5) is 29.2. The number of carbonyl (C=O) groups excluding carboxylic acids is 2. The lowest BCUT2D eigenvalue weighted by molar-refractivity contribution is -0.117. The smallest absolute Gasteiger partial charge is 0.312 e. The maximum absolute atomic E-state index is 11.9. The molecule has 102 valence electrons. The van der Waals surface area contributed by atoms with Crippen LogP contribution in [0.25, 0.3) is 0 Å². The van der Waals surface area contributed by atoms with E-state index in [2.05, 4.69) is 10.3 Å². The minimum Gasteiger partial charge on any atom is -0.312 e. The van der Waals surface area contributed by atoms with Gasteiger partial charge in [0.15, 0.2) is 0 Å². The highest BCUT2D eigenvalue weighted by Gasteiger charge is 2.21. The number of anilines is 2. The molecule has 1 aromatic heterocycles. The van der Waals surface area contributed by atoms with Crippen molar-refractivity contribution in [2.75, 3.05) is 16.8 Å². The fourth-order valence-corrected chi connectivity index (χ4v) is 2.24. The first kappa shape index (κ1) is 12.4. The molecule has 1 N–H and O–H groups in total. The van der Waals surface area contributed by atoms with Crippen molar-refractivity contribution in [3.05, 3.63) is 43.0 Å². The van der Waals surface area contributed by atoms with E-state index in [-0.39, 0.29) is 11.9 Å². The van der Waals surface area contributed by atoms with E-state index >= 15 is 0 Å². The minimum atomic E-state index is -0.285. The third-order valence-corrected chi connectivity index (χ3v) is 3.22. The number of imidazole rings is 1. The van der Waals surface area contributed by atoms with Crippen molar-refractivity contribution in [2.24, 2.45) is 0 Å². The van der Waals surface area contributed by atoms with Crippen LogP contribution in [0.4, 0.5) is 16.2 Å². The lowest BCUT2D eigenvalue weighted by atomic mass is 10.2. The van der Waals surface area contributed by atoms with E-state index in [0.717, 1.165) is 18.7 Å². The molecule has 3 rings (SSSR count). The highest BCUT2D eigenvalue weighted by Crippen LogP contribution is 2.24. The molecule has 0 radical (unpaired) electrons. The Kier molecular flexibility index (Phi) is 3.20. The van der Waals surface area contributed by atoms with Crippen LogP contribution in [-0.2, 0) is 4.79 Å². The van der Waals surface area contributed by atoms with Gasteiger partial charge in [0, 0.05) is 36.7 Å². The van der Waals surface area contributed by atoms with E-state index in [1.165, 1.54) is 10.9 Å². The molecule has 6 nitrogen and oxygen atoms in total. The molecule has 1 saturated heterocycles. The van der Waals surface area contributed by atoms with Gasteiger partial charge in [-0.15, -0.1) is 0 Å². The van der Waals surface area contributed by atoms with Gasteiger partial charge in [0.2, 0.25) is 5.91 Å². The average molecular weight is 270 g/mol. The van der Waals surface area contributed by atoms with Gasteiger partial charge in [-0.1, -0.05) is 6.07 Å². The van der Waals surface area contributed by atoms with Crippen LogP contribution in [0.1, 0.15) is 12.8 Å². The molecular formula is C14H14N4O2. The first-order chi connectivity index (χ1) is 9.74. The quantitative estimate of drug-likeness (QED) is 0.908. The molecular weight excluding hydrogens is 256 g/mol. The second-order valence-electron chi connectivity index (χ2n) is 4.60. The van der Waals surface area contributed by atoms with Crippen LogP contribution in [0.2, 0.25) is 0 Å². The second-order valence-corrected chi connectivity index (χ2v) is 4.60. The third kappa shape index (κ3) is 2.40. The number of amides is 2. The molecule has 0 atom stereocenters. The van der Waals surface area contributed by atoms with Gasteiger partial charge in [0.25, 0.3) is 0 Å². The number of benzene rings is 1. The third-order valence-electron chi connectivity index (χ3n) is 3.22. The van der Waals surface area contributed by atoms with Crippen LogP contribution in [0, 0.1) is 0 Å². The van der Waals surface area contributed by atoms with Crippen molar-refractivity contribution in [1.29, 1.82) is 0 Å². The predicted molar refractivity (Wildman–Crippen MR) is 74.7 cm³/mol. The summed E-state index contributed by atoms with van der Waals surface area (Å²) in [5, 5.41) is 2.77. The lowest BCUT2D eigenvalue weighted by Crippen LogP contribution is -2.24. The van der Waals surface area contributed by atoms with E-state index in [1.54, 1.807) is 29.4 Å². The first-order valence-corrected chi connectivity index (χ1v) is 6.44. The van der Waals surface area contributed by atoms with E-state index in [4.69, 9.17) is 0 Å². The summed E-state index contributed by atoms with van der Waals surface area (Å²) < 4.78 is 1.35. The Bertz CT molecular complexity index is 636. The average Bonchev–Trinajstić information content (AvgIpc) is 3.10. The molecule has 1 aliphatic rings. The topological polar surface area (TPSA) is 67.2 Å². The number of nitrogens with zero attached hydrogens (tertiary/aromatic N) is 3. The second kappa shape index (κ2) is 5.16. The number of hydrogen-bond donors (Lipinski definition) is 1. The number of rotatable bonds is 2. The van der Waals surface area contributed by atoms with Gasteiger partial charge in [0.1, 0.15) is 6.33 Å². The lowest BCUT2D eigenvalue weighted by Gasteiger charge is -2.16. The summed E-state index contributed by atoms with van der Waals surface area (Å²) in [7, 11) is 0. The molecule has 1 fully saturated rings. The Morgan fingerprint density at radius 2 is 2.25 bits per heavy atom. The Hall–Kier alpha value is -2.63. The van der Waals surface area contributed by atoms with Crippen molar-refractivity contribution < 1.29 is 9.59 Å². The molecule has 0 bridgehead atoms.